The Morgan fingerprint density at radius 3 is 2.50 bits per heavy atom. The minimum Gasteiger partial charge on any atom is -0.742 e. The number of benzene rings is 1. The van der Waals surface area contributed by atoms with E-state index < -0.39 is 0 Å². The molecule has 0 amide bonds. The zero-order valence-electron chi connectivity index (χ0n) is 10.3. The molecule has 98 valence electrons. The Kier molecular flexibility index (Phi) is 7.32. The topological polar surface area (TPSA) is 37.9 Å². The van der Waals surface area contributed by atoms with E-state index in [0.717, 1.165) is 24.2 Å². The molecule has 0 saturated carbocycles. The van der Waals surface area contributed by atoms with Gasteiger partial charge in [0.2, 0.25) is 0 Å². The van der Waals surface area contributed by atoms with Crippen LogP contribution in [0.3, 0.4) is 0 Å². The molecule has 0 unspecified atom stereocenters. The fraction of sp³-hybridized carbons (Fsp3) is 0.417. The van der Waals surface area contributed by atoms with E-state index in [1.165, 1.54) is 12.3 Å². The maximum absolute atomic E-state index is 5.17. The first-order valence-electron chi connectivity index (χ1n) is 5.76. The van der Waals surface area contributed by atoms with Gasteiger partial charge in [0.1, 0.15) is 0 Å². The SMILES string of the molecule is C[PH+]1CCOCC1.[S-]c1nc2ccccc2[nH]1.[W]. The first-order valence-corrected chi connectivity index (χ1v) is 8.59. The molecule has 6 heteroatoms. The van der Waals surface area contributed by atoms with Crippen LogP contribution in [0.5, 0.6) is 0 Å². The Morgan fingerprint density at radius 2 is 1.94 bits per heavy atom. The molecular weight excluding hydrogens is 435 g/mol. The fourth-order valence-electron chi connectivity index (χ4n) is 1.65. The molecular formula is C12H17N2OPSW. The van der Waals surface area contributed by atoms with Gasteiger partial charge in [0.05, 0.1) is 36.6 Å². The summed E-state index contributed by atoms with van der Waals surface area (Å²) in [6.45, 7) is 4.45. The third-order valence-electron chi connectivity index (χ3n) is 2.71. The van der Waals surface area contributed by atoms with E-state index in [1.807, 2.05) is 24.3 Å². The van der Waals surface area contributed by atoms with Crippen molar-refractivity contribution in [3.05, 3.63) is 24.3 Å². The smallest absolute Gasteiger partial charge is 0.0863 e. The van der Waals surface area contributed by atoms with E-state index in [1.54, 1.807) is 0 Å². The summed E-state index contributed by atoms with van der Waals surface area (Å²) in [6.07, 6.45) is 2.73. The number of aromatic nitrogens is 2. The molecule has 0 atom stereocenters. The van der Waals surface area contributed by atoms with Crippen molar-refractivity contribution in [2.24, 2.45) is 0 Å². The third kappa shape index (κ3) is 4.93. The van der Waals surface area contributed by atoms with Crippen molar-refractivity contribution >= 4 is 31.6 Å². The molecule has 0 radical (unpaired) electrons. The van der Waals surface area contributed by atoms with Gasteiger partial charge in [-0.25, -0.2) is 0 Å². The molecule has 0 aliphatic carbocycles. The number of nitrogens with one attached hydrogen (secondary N) is 1. The van der Waals surface area contributed by atoms with E-state index in [0.29, 0.717) is 5.16 Å². The first kappa shape index (κ1) is 16.0. The van der Waals surface area contributed by atoms with Crippen LogP contribution in [0.15, 0.2) is 29.4 Å². The summed E-state index contributed by atoms with van der Waals surface area (Å²) in [5.74, 6) is 0. The molecule has 2 aromatic rings. The summed E-state index contributed by atoms with van der Waals surface area (Å²) in [4.78, 5) is 7.03. The van der Waals surface area contributed by atoms with Crippen LogP contribution in [-0.4, -0.2) is 42.2 Å². The van der Waals surface area contributed by atoms with Crippen LogP contribution in [0.1, 0.15) is 0 Å². The number of H-pyrrole nitrogens is 1. The van der Waals surface area contributed by atoms with Crippen LogP contribution in [0, 0.1) is 0 Å². The molecule has 3 nitrogen and oxygen atoms in total. The van der Waals surface area contributed by atoms with Crippen LogP contribution in [0.25, 0.3) is 11.0 Å². The number of hydrogen-bond acceptors (Lipinski definition) is 3. The van der Waals surface area contributed by atoms with E-state index in [-0.39, 0.29) is 29.0 Å². The van der Waals surface area contributed by atoms with Crippen LogP contribution in [0.2, 0.25) is 0 Å². The van der Waals surface area contributed by atoms with Gasteiger partial charge in [-0.3, -0.25) is 4.98 Å². The van der Waals surface area contributed by atoms with Crippen LogP contribution < -0.4 is 0 Å². The zero-order valence-corrected chi connectivity index (χ0v) is 15.1. The summed E-state index contributed by atoms with van der Waals surface area (Å²) in [6, 6.07) is 7.78. The monoisotopic (exact) mass is 452 g/mol. The van der Waals surface area contributed by atoms with Crippen molar-refractivity contribution in [3.63, 3.8) is 0 Å². The molecule has 0 spiro atoms. The predicted molar refractivity (Wildman–Crippen MR) is 76.5 cm³/mol. The maximum Gasteiger partial charge on any atom is 0.0863 e. The first-order chi connectivity index (χ1) is 8.25. The van der Waals surface area contributed by atoms with Gasteiger partial charge in [0.25, 0.3) is 0 Å². The van der Waals surface area contributed by atoms with Crippen molar-refractivity contribution in [1.82, 2.24) is 9.97 Å². The summed E-state index contributed by atoms with van der Waals surface area (Å²) >= 11 is 4.85. The third-order valence-corrected chi connectivity index (χ3v) is 5.02. The van der Waals surface area contributed by atoms with Gasteiger partial charge in [-0.15, -0.1) is 0 Å². The Morgan fingerprint density at radius 1 is 1.28 bits per heavy atom. The molecule has 1 fully saturated rings. The number of aromatic amines is 1. The quantitative estimate of drug-likeness (QED) is 0.493. The van der Waals surface area contributed by atoms with Gasteiger partial charge in [-0.1, -0.05) is 12.1 Å². The van der Waals surface area contributed by atoms with Gasteiger partial charge in [0, 0.05) is 35.7 Å². The summed E-state index contributed by atoms with van der Waals surface area (Å²) in [5.41, 5.74) is 1.94. The van der Waals surface area contributed by atoms with Gasteiger partial charge in [-0.05, 0) is 17.3 Å². The summed E-state index contributed by atoms with van der Waals surface area (Å²) in [5, 5.41) is 0.557. The predicted octanol–water partition coefficient (Wildman–Crippen LogP) is 2.33. The molecule has 1 aromatic heterocycles. The van der Waals surface area contributed by atoms with Crippen molar-refractivity contribution in [3.8, 4) is 0 Å². The number of para-hydroxylation sites is 2. The Balaban J connectivity index is 0.000000181. The van der Waals surface area contributed by atoms with Crippen molar-refractivity contribution in [1.29, 1.82) is 0 Å². The Bertz CT molecular complexity index is 441. The number of rotatable bonds is 0. The minimum atomic E-state index is 0. The van der Waals surface area contributed by atoms with E-state index in [4.69, 9.17) is 17.4 Å². The summed E-state index contributed by atoms with van der Waals surface area (Å²) < 4.78 is 5.17. The number of fused-ring (bicyclic) bond motifs is 1. The maximum atomic E-state index is 5.17. The standard InChI is InChI=1S/C7H6N2S.C5H11OP.W/c10-7-8-5-3-1-2-4-6(5)9-7;1-7-4-2-6-3-5-7;/h1-4H,(H2,8,9,10);2-5H2,1H3;. The van der Waals surface area contributed by atoms with Crippen molar-refractivity contribution < 1.29 is 25.8 Å². The molecule has 1 aromatic carbocycles. The van der Waals surface area contributed by atoms with Crippen LogP contribution >= 0.6 is 7.92 Å². The average molecular weight is 452 g/mol. The molecule has 1 N–H and O–H groups in total. The fourth-order valence-corrected chi connectivity index (χ4v) is 3.09. The van der Waals surface area contributed by atoms with E-state index in [2.05, 4.69) is 16.6 Å². The van der Waals surface area contributed by atoms with Crippen LogP contribution in [0.4, 0.5) is 0 Å². The average Bonchev–Trinajstić information content (AvgIpc) is 2.71. The second-order valence-electron chi connectivity index (χ2n) is 4.13. The minimum absolute atomic E-state index is 0. The Labute approximate surface area is 129 Å². The second-order valence-corrected chi connectivity index (χ2v) is 7.43. The number of imidazole rings is 1. The summed E-state index contributed by atoms with van der Waals surface area (Å²) in [7, 11) is 0.0819. The molecule has 1 aliphatic heterocycles. The molecule has 1 aliphatic rings. The van der Waals surface area contributed by atoms with Crippen molar-refractivity contribution in [2.45, 2.75) is 5.16 Å². The van der Waals surface area contributed by atoms with Gasteiger partial charge >= 0.3 is 0 Å². The second kappa shape index (κ2) is 8.22. The normalized spacial score (nSPS) is 15.6. The number of nitrogens with zero attached hydrogens (tertiary/aromatic N) is 1. The Hall–Kier alpha value is -0.0117. The molecule has 1 saturated heterocycles. The van der Waals surface area contributed by atoms with Crippen LogP contribution in [-0.2, 0) is 38.4 Å². The van der Waals surface area contributed by atoms with E-state index >= 15 is 0 Å². The van der Waals surface area contributed by atoms with Crippen molar-refractivity contribution in [2.75, 3.05) is 32.2 Å². The molecule has 18 heavy (non-hydrogen) atoms. The molecule has 2 heterocycles. The van der Waals surface area contributed by atoms with Gasteiger partial charge in [0.15, 0.2) is 0 Å². The molecule has 0 bridgehead atoms. The number of hydrogen-bond donors (Lipinski definition) is 1. The number of ether oxygens (including phenoxy) is 1. The van der Waals surface area contributed by atoms with Gasteiger partial charge in [-0.2, -0.15) is 0 Å². The molecule has 3 rings (SSSR count). The largest absolute Gasteiger partial charge is 0.742 e. The van der Waals surface area contributed by atoms with E-state index in [9.17, 15) is 0 Å². The van der Waals surface area contributed by atoms with Gasteiger partial charge < -0.3 is 22.3 Å². The zero-order chi connectivity index (χ0) is 12.1.